The normalized spacial score (nSPS) is 18.4. The van der Waals surface area contributed by atoms with E-state index in [2.05, 4.69) is 6.07 Å². The van der Waals surface area contributed by atoms with E-state index in [1.54, 1.807) is 0 Å². The molecule has 0 atom stereocenters. The van der Waals surface area contributed by atoms with E-state index in [1.807, 2.05) is 24.3 Å². The van der Waals surface area contributed by atoms with E-state index in [9.17, 15) is 0 Å². The van der Waals surface area contributed by atoms with Crippen molar-refractivity contribution in [2.75, 3.05) is 0 Å². The molecule has 0 spiro atoms. The largest absolute Gasteiger partial charge is 0.197 e. The van der Waals surface area contributed by atoms with Crippen molar-refractivity contribution in [2.45, 2.75) is 6.42 Å². The van der Waals surface area contributed by atoms with Gasteiger partial charge in [0.1, 0.15) is 0 Å². The summed E-state index contributed by atoms with van der Waals surface area (Å²) in [5.41, 5.74) is 0. The second-order valence-corrected chi connectivity index (χ2v) is 1.75. The van der Waals surface area contributed by atoms with E-state index >= 15 is 0 Å². The summed E-state index contributed by atoms with van der Waals surface area (Å²) < 4.78 is 0. The van der Waals surface area contributed by atoms with Crippen molar-refractivity contribution in [1.29, 1.82) is 5.26 Å². The van der Waals surface area contributed by atoms with Crippen molar-refractivity contribution in [2.24, 2.45) is 5.92 Å². The number of hydrogen-bond donors (Lipinski definition) is 0. The summed E-state index contributed by atoms with van der Waals surface area (Å²) in [5.74, 6) is 0.0312. The van der Waals surface area contributed by atoms with Gasteiger partial charge < -0.3 is 0 Å². The molecule has 1 rings (SSSR count). The Morgan fingerprint density at radius 3 is 2.38 bits per heavy atom. The summed E-state index contributed by atoms with van der Waals surface area (Å²) >= 11 is 0. The summed E-state index contributed by atoms with van der Waals surface area (Å²) in [6, 6.07) is 2.13. The molecule has 0 radical (unpaired) electrons. The summed E-state index contributed by atoms with van der Waals surface area (Å²) in [5, 5.41) is 8.34. The monoisotopic (exact) mass is 105 g/mol. The predicted octanol–water partition coefficient (Wildman–Crippen LogP) is 1.64. The average Bonchev–Trinajstić information content (AvgIpc) is 1.90. The van der Waals surface area contributed by atoms with Gasteiger partial charge in [-0.3, -0.25) is 0 Å². The number of allylic oxidation sites excluding steroid dienone is 4. The van der Waals surface area contributed by atoms with Gasteiger partial charge in [-0.25, -0.2) is 0 Å². The molecule has 8 heavy (non-hydrogen) atoms. The standard InChI is InChI=1S/C7H7N/c8-6-7-4-2-1-3-5-7/h2-5,7H,1H2. The van der Waals surface area contributed by atoms with Gasteiger partial charge in [0.25, 0.3) is 0 Å². The van der Waals surface area contributed by atoms with Crippen molar-refractivity contribution in [3.8, 4) is 6.07 Å². The van der Waals surface area contributed by atoms with Crippen LogP contribution in [0, 0.1) is 17.2 Å². The Kier molecular flexibility index (Phi) is 1.48. The third-order valence-corrected chi connectivity index (χ3v) is 1.11. The molecule has 0 aromatic rings. The van der Waals surface area contributed by atoms with Crippen molar-refractivity contribution < 1.29 is 0 Å². The quantitative estimate of drug-likeness (QED) is 0.429. The lowest BCUT2D eigenvalue weighted by atomic mass is 10.1. The van der Waals surface area contributed by atoms with Crippen LogP contribution in [0.4, 0.5) is 0 Å². The lowest BCUT2D eigenvalue weighted by Crippen LogP contribution is -1.88. The lowest BCUT2D eigenvalue weighted by molar-refractivity contribution is 1.03. The molecule has 1 aliphatic rings. The van der Waals surface area contributed by atoms with Crippen LogP contribution in [0.15, 0.2) is 24.3 Å². The van der Waals surface area contributed by atoms with Crippen LogP contribution >= 0.6 is 0 Å². The van der Waals surface area contributed by atoms with Gasteiger partial charge in [-0.15, -0.1) is 0 Å². The smallest absolute Gasteiger partial charge is 0.0824 e. The van der Waals surface area contributed by atoms with Crippen LogP contribution in [0.3, 0.4) is 0 Å². The van der Waals surface area contributed by atoms with E-state index < -0.39 is 0 Å². The lowest BCUT2D eigenvalue weighted by Gasteiger charge is -1.97. The molecule has 0 aromatic carbocycles. The van der Waals surface area contributed by atoms with E-state index in [1.165, 1.54) is 0 Å². The maximum absolute atomic E-state index is 8.34. The summed E-state index contributed by atoms with van der Waals surface area (Å²) in [6.07, 6.45) is 8.83. The van der Waals surface area contributed by atoms with E-state index in [-0.39, 0.29) is 5.92 Å². The molecule has 1 nitrogen and oxygen atoms in total. The van der Waals surface area contributed by atoms with E-state index in [0.717, 1.165) is 6.42 Å². The molecule has 0 bridgehead atoms. The second kappa shape index (κ2) is 2.32. The molecular formula is C7H7N. The summed E-state index contributed by atoms with van der Waals surface area (Å²) in [7, 11) is 0. The van der Waals surface area contributed by atoms with Crippen LogP contribution < -0.4 is 0 Å². The first kappa shape index (κ1) is 5.11. The van der Waals surface area contributed by atoms with Crippen LogP contribution in [0.1, 0.15) is 6.42 Å². The Labute approximate surface area is 48.9 Å². The summed E-state index contributed by atoms with van der Waals surface area (Å²) in [4.78, 5) is 0. The highest BCUT2D eigenvalue weighted by Gasteiger charge is 1.96. The molecule has 0 heterocycles. The van der Waals surface area contributed by atoms with E-state index in [0.29, 0.717) is 0 Å². The molecule has 1 aliphatic carbocycles. The minimum absolute atomic E-state index is 0.0312. The molecule has 1 heteroatoms. The first-order chi connectivity index (χ1) is 3.93. The van der Waals surface area contributed by atoms with Crippen LogP contribution in [0.25, 0.3) is 0 Å². The van der Waals surface area contributed by atoms with Gasteiger partial charge in [0.15, 0.2) is 0 Å². The first-order valence-electron chi connectivity index (χ1n) is 2.66. The third-order valence-electron chi connectivity index (χ3n) is 1.11. The zero-order valence-electron chi connectivity index (χ0n) is 4.54. The molecular weight excluding hydrogens is 98.1 g/mol. The topological polar surface area (TPSA) is 23.8 Å². The Bertz CT molecular complexity index is 148. The Morgan fingerprint density at radius 2 is 2.00 bits per heavy atom. The maximum Gasteiger partial charge on any atom is 0.0824 e. The van der Waals surface area contributed by atoms with Crippen molar-refractivity contribution in [3.63, 3.8) is 0 Å². The van der Waals surface area contributed by atoms with Gasteiger partial charge >= 0.3 is 0 Å². The highest BCUT2D eigenvalue weighted by Crippen LogP contribution is 2.06. The van der Waals surface area contributed by atoms with Crippen LogP contribution in [-0.4, -0.2) is 0 Å². The first-order valence-corrected chi connectivity index (χ1v) is 2.66. The van der Waals surface area contributed by atoms with Gasteiger partial charge in [-0.05, 0) is 6.42 Å². The highest BCUT2D eigenvalue weighted by molar-refractivity contribution is 5.16. The number of rotatable bonds is 0. The number of hydrogen-bond acceptors (Lipinski definition) is 1. The fourth-order valence-corrected chi connectivity index (χ4v) is 0.679. The maximum atomic E-state index is 8.34. The van der Waals surface area contributed by atoms with Crippen molar-refractivity contribution in [3.05, 3.63) is 24.3 Å². The molecule has 0 aromatic heterocycles. The van der Waals surface area contributed by atoms with Gasteiger partial charge in [0.05, 0.1) is 12.0 Å². The fourth-order valence-electron chi connectivity index (χ4n) is 0.679. The van der Waals surface area contributed by atoms with Gasteiger partial charge in [-0.1, -0.05) is 24.3 Å². The van der Waals surface area contributed by atoms with Crippen LogP contribution in [0.5, 0.6) is 0 Å². The fraction of sp³-hybridized carbons (Fsp3) is 0.286. The molecule has 0 amide bonds. The molecule has 0 saturated carbocycles. The Morgan fingerprint density at radius 1 is 1.38 bits per heavy atom. The Balaban J connectivity index is 2.58. The van der Waals surface area contributed by atoms with Gasteiger partial charge in [0.2, 0.25) is 0 Å². The Hall–Kier alpha value is -1.03. The van der Waals surface area contributed by atoms with Gasteiger partial charge in [-0.2, -0.15) is 5.26 Å². The van der Waals surface area contributed by atoms with Gasteiger partial charge in [0, 0.05) is 0 Å². The highest BCUT2D eigenvalue weighted by atomic mass is 14.3. The minimum Gasteiger partial charge on any atom is -0.197 e. The van der Waals surface area contributed by atoms with E-state index in [4.69, 9.17) is 5.26 Å². The molecule has 0 aliphatic heterocycles. The second-order valence-electron chi connectivity index (χ2n) is 1.75. The minimum atomic E-state index is 0.0312. The SMILES string of the molecule is N#CC1C=CCC=C1. The van der Waals surface area contributed by atoms with Crippen LogP contribution in [-0.2, 0) is 0 Å². The number of nitriles is 1. The summed E-state index contributed by atoms with van der Waals surface area (Å²) in [6.45, 7) is 0. The zero-order valence-corrected chi connectivity index (χ0v) is 4.54. The zero-order chi connectivity index (χ0) is 5.82. The molecule has 40 valence electrons. The average molecular weight is 105 g/mol. The number of nitrogens with zero attached hydrogens (tertiary/aromatic N) is 1. The molecule has 0 fully saturated rings. The molecule has 0 unspecified atom stereocenters. The third kappa shape index (κ3) is 0.974. The molecule has 0 N–H and O–H groups in total. The van der Waals surface area contributed by atoms with Crippen molar-refractivity contribution in [1.82, 2.24) is 0 Å². The van der Waals surface area contributed by atoms with Crippen molar-refractivity contribution >= 4 is 0 Å². The predicted molar refractivity (Wildman–Crippen MR) is 32.0 cm³/mol. The molecule has 0 saturated heterocycles. The van der Waals surface area contributed by atoms with Crippen LogP contribution in [0.2, 0.25) is 0 Å².